The van der Waals surface area contributed by atoms with E-state index in [0.29, 0.717) is 18.4 Å². The summed E-state index contributed by atoms with van der Waals surface area (Å²) in [6.07, 6.45) is 5.17. The van der Waals surface area contributed by atoms with Crippen molar-refractivity contribution >= 4 is 83.8 Å². The quantitative estimate of drug-likeness (QED) is 0.193. The van der Waals surface area contributed by atoms with Gasteiger partial charge < -0.3 is 4.74 Å². The lowest BCUT2D eigenvalue weighted by Crippen LogP contribution is -2.42. The summed E-state index contributed by atoms with van der Waals surface area (Å²) in [6, 6.07) is 3.58. The number of benzene rings is 1. The Labute approximate surface area is 201 Å². The van der Waals surface area contributed by atoms with Gasteiger partial charge >= 0.3 is 21.5 Å². The van der Waals surface area contributed by atoms with Crippen molar-refractivity contribution in [3.63, 3.8) is 0 Å². The van der Waals surface area contributed by atoms with Crippen LogP contribution >= 0.6 is 67.8 Å². The first-order valence-electron chi connectivity index (χ1n) is 7.98. The number of hydrogen-bond donors (Lipinski definition) is 1. The second kappa shape index (κ2) is 9.64. The molecule has 0 saturated heterocycles. The van der Waals surface area contributed by atoms with Crippen LogP contribution < -0.4 is 4.72 Å². The zero-order chi connectivity index (χ0) is 21.2. The monoisotopic (exact) mass is 755 g/mol. The molecular formula is C16H15F3I3NO4S. The molecule has 0 saturated carbocycles. The third-order valence-electron chi connectivity index (χ3n) is 4.05. The van der Waals surface area contributed by atoms with Crippen molar-refractivity contribution in [3.05, 3.63) is 40.6 Å². The first-order valence-corrected chi connectivity index (χ1v) is 12.7. The molecule has 0 aliphatic heterocycles. The van der Waals surface area contributed by atoms with Gasteiger partial charge in [-0.15, -0.1) is 0 Å². The van der Waals surface area contributed by atoms with E-state index in [1.54, 1.807) is 18.2 Å². The van der Waals surface area contributed by atoms with Crippen molar-refractivity contribution in [1.82, 2.24) is 4.72 Å². The van der Waals surface area contributed by atoms with E-state index < -0.39 is 33.6 Å². The highest BCUT2D eigenvalue weighted by atomic mass is 127. The third kappa shape index (κ3) is 6.16. The van der Waals surface area contributed by atoms with Crippen molar-refractivity contribution < 1.29 is 31.1 Å². The Morgan fingerprint density at radius 2 is 1.93 bits per heavy atom. The number of allylic oxidation sites excluding steroid dienone is 1. The van der Waals surface area contributed by atoms with Crippen molar-refractivity contribution in [2.75, 3.05) is 6.54 Å². The number of esters is 1. The fourth-order valence-electron chi connectivity index (χ4n) is 2.67. The van der Waals surface area contributed by atoms with Crippen LogP contribution in [0.1, 0.15) is 36.0 Å². The van der Waals surface area contributed by atoms with Gasteiger partial charge in [0.25, 0.3) is 0 Å². The van der Waals surface area contributed by atoms with Gasteiger partial charge in [0.1, 0.15) is 5.60 Å². The summed E-state index contributed by atoms with van der Waals surface area (Å²) < 4.78 is 69.6. The van der Waals surface area contributed by atoms with E-state index in [1.807, 2.05) is 28.7 Å². The molecule has 0 amide bonds. The van der Waals surface area contributed by atoms with E-state index in [9.17, 15) is 26.4 Å². The Morgan fingerprint density at radius 1 is 1.25 bits per heavy atom. The SMILES string of the molecule is O=C(OC1(CCNS(=O)(=O)C(F)(F)F)C=CCCC1)c1cc(I)cc(I)c1I. The number of rotatable bonds is 6. The molecule has 1 N–H and O–H groups in total. The maximum Gasteiger partial charge on any atom is 0.511 e. The summed E-state index contributed by atoms with van der Waals surface area (Å²) in [4.78, 5) is 12.8. The molecule has 0 bridgehead atoms. The number of sulfonamides is 1. The van der Waals surface area contributed by atoms with E-state index in [0.717, 1.165) is 17.1 Å². The van der Waals surface area contributed by atoms with Crippen LogP contribution in [0.5, 0.6) is 0 Å². The number of carbonyl (C=O) groups excluding carboxylic acids is 1. The van der Waals surface area contributed by atoms with E-state index in [-0.39, 0.29) is 6.42 Å². The van der Waals surface area contributed by atoms with Crippen molar-refractivity contribution in [1.29, 1.82) is 0 Å². The molecule has 156 valence electrons. The van der Waals surface area contributed by atoms with Gasteiger partial charge in [-0.3, -0.25) is 0 Å². The molecule has 5 nitrogen and oxygen atoms in total. The Kier molecular flexibility index (Phi) is 8.46. The fourth-order valence-corrected chi connectivity index (χ4v) is 5.58. The molecular weight excluding hydrogens is 740 g/mol. The second-order valence-electron chi connectivity index (χ2n) is 6.09. The average molecular weight is 755 g/mol. The summed E-state index contributed by atoms with van der Waals surface area (Å²) in [5.74, 6) is -0.592. The van der Waals surface area contributed by atoms with Crippen LogP contribution in [-0.4, -0.2) is 32.0 Å². The van der Waals surface area contributed by atoms with Crippen LogP contribution in [0.3, 0.4) is 0 Å². The Hall–Kier alpha value is 0.320. The zero-order valence-electron chi connectivity index (χ0n) is 14.2. The smallest absolute Gasteiger partial charge is 0.451 e. The number of carbonyl (C=O) groups is 1. The topological polar surface area (TPSA) is 72.5 Å². The largest absolute Gasteiger partial charge is 0.511 e. The lowest BCUT2D eigenvalue weighted by atomic mass is 9.88. The molecule has 0 heterocycles. The predicted octanol–water partition coefficient (Wildman–Crippen LogP) is 4.97. The van der Waals surface area contributed by atoms with E-state index in [1.165, 1.54) is 4.72 Å². The van der Waals surface area contributed by atoms with Gasteiger partial charge in [-0.25, -0.2) is 17.9 Å². The molecule has 28 heavy (non-hydrogen) atoms. The van der Waals surface area contributed by atoms with Crippen LogP contribution in [0.25, 0.3) is 0 Å². The first-order chi connectivity index (χ1) is 12.9. The van der Waals surface area contributed by atoms with Crippen molar-refractivity contribution in [2.45, 2.75) is 36.8 Å². The summed E-state index contributed by atoms with van der Waals surface area (Å²) in [5.41, 5.74) is -6.17. The van der Waals surface area contributed by atoms with Crippen LogP contribution in [-0.2, 0) is 14.8 Å². The second-order valence-corrected chi connectivity index (χ2v) is 11.3. The lowest BCUT2D eigenvalue weighted by Gasteiger charge is -2.33. The molecule has 12 heteroatoms. The maximum atomic E-state index is 12.8. The van der Waals surface area contributed by atoms with Crippen LogP contribution in [0, 0.1) is 10.7 Å². The minimum Gasteiger partial charge on any atom is -0.451 e. The lowest BCUT2D eigenvalue weighted by molar-refractivity contribution is -0.0451. The highest BCUT2D eigenvalue weighted by molar-refractivity contribution is 14.1. The van der Waals surface area contributed by atoms with Crippen LogP contribution in [0.15, 0.2) is 24.3 Å². The highest BCUT2D eigenvalue weighted by Crippen LogP contribution is 2.32. The molecule has 2 rings (SSSR count). The summed E-state index contributed by atoms with van der Waals surface area (Å²) in [5, 5.41) is 0. The molecule has 0 spiro atoms. The van der Waals surface area contributed by atoms with E-state index in [4.69, 9.17) is 4.74 Å². The molecule has 1 aliphatic carbocycles. The van der Waals surface area contributed by atoms with Gasteiger partial charge in [-0.2, -0.15) is 13.2 Å². The molecule has 1 aromatic carbocycles. The Bertz CT molecular complexity index is 890. The van der Waals surface area contributed by atoms with Crippen LogP contribution in [0.4, 0.5) is 13.2 Å². The fraction of sp³-hybridized carbons (Fsp3) is 0.438. The van der Waals surface area contributed by atoms with Gasteiger partial charge in [0.2, 0.25) is 0 Å². The molecule has 1 atom stereocenters. The molecule has 1 unspecified atom stereocenters. The van der Waals surface area contributed by atoms with Gasteiger partial charge in [0.05, 0.1) is 5.56 Å². The molecule has 0 fully saturated rings. The van der Waals surface area contributed by atoms with Crippen molar-refractivity contribution in [3.8, 4) is 0 Å². The van der Waals surface area contributed by atoms with Gasteiger partial charge in [-0.05, 0) is 105 Å². The molecule has 1 aliphatic rings. The minimum atomic E-state index is -5.44. The van der Waals surface area contributed by atoms with Gasteiger partial charge in [0, 0.05) is 23.7 Å². The number of halogens is 6. The maximum absolute atomic E-state index is 12.8. The zero-order valence-corrected chi connectivity index (χ0v) is 21.4. The number of hydrogen-bond acceptors (Lipinski definition) is 4. The first kappa shape index (κ1) is 24.6. The van der Waals surface area contributed by atoms with Gasteiger partial charge in [-0.1, -0.05) is 6.08 Å². The standard InChI is InChI=1S/C16H15F3I3NO4S/c17-16(18,19)28(25,26)23-7-6-15(4-2-1-3-5-15)27-14(24)11-8-10(20)9-12(21)13(11)22/h2,4,8-9,23H,1,3,5-7H2. The minimum absolute atomic E-state index is 0.0951. The Morgan fingerprint density at radius 3 is 2.50 bits per heavy atom. The third-order valence-corrected chi connectivity index (χ3v) is 8.91. The number of nitrogens with one attached hydrogen (secondary N) is 1. The van der Waals surface area contributed by atoms with Gasteiger partial charge in [0.15, 0.2) is 0 Å². The summed E-state index contributed by atoms with van der Waals surface area (Å²) >= 11 is 6.22. The number of ether oxygens (including phenoxy) is 1. The van der Waals surface area contributed by atoms with Crippen LogP contribution in [0.2, 0.25) is 0 Å². The molecule has 1 aromatic rings. The summed E-state index contributed by atoms with van der Waals surface area (Å²) in [6.45, 7) is -0.500. The molecule has 0 radical (unpaired) electrons. The van der Waals surface area contributed by atoms with Crippen molar-refractivity contribution in [2.24, 2.45) is 0 Å². The molecule has 0 aromatic heterocycles. The Balaban J connectivity index is 2.19. The normalized spacial score (nSPS) is 20.2. The van der Waals surface area contributed by atoms with E-state index >= 15 is 0 Å². The highest BCUT2D eigenvalue weighted by Gasteiger charge is 2.46. The summed E-state index contributed by atoms with van der Waals surface area (Å²) in [7, 11) is -5.44. The average Bonchev–Trinajstić information content (AvgIpc) is 2.57. The predicted molar refractivity (Wildman–Crippen MR) is 123 cm³/mol. The number of alkyl halides is 3. The van der Waals surface area contributed by atoms with E-state index in [2.05, 4.69) is 45.2 Å².